The minimum absolute atomic E-state index is 0.0997. The molecule has 2 rings (SSSR count). The topological polar surface area (TPSA) is 56.7 Å². The van der Waals surface area contributed by atoms with Gasteiger partial charge in [-0.25, -0.2) is 4.68 Å². The van der Waals surface area contributed by atoms with Gasteiger partial charge in [0.2, 0.25) is 0 Å². The van der Waals surface area contributed by atoms with Crippen LogP contribution < -0.4 is 5.73 Å². The van der Waals surface area contributed by atoms with E-state index in [1.807, 2.05) is 38.2 Å². The third-order valence-corrected chi connectivity index (χ3v) is 3.43. The molecule has 0 spiro atoms. The van der Waals surface area contributed by atoms with Crippen LogP contribution in [0.25, 0.3) is 5.69 Å². The van der Waals surface area contributed by atoms with Gasteiger partial charge in [0.15, 0.2) is 0 Å². The van der Waals surface area contributed by atoms with Gasteiger partial charge >= 0.3 is 0 Å². The van der Waals surface area contributed by atoms with E-state index in [4.69, 9.17) is 5.73 Å². The molecule has 0 saturated carbocycles. The van der Waals surface area contributed by atoms with Crippen LogP contribution in [0.5, 0.6) is 0 Å². The Bertz CT molecular complexity index is 504. The van der Waals surface area contributed by atoms with Crippen molar-refractivity contribution in [3.05, 3.63) is 40.1 Å². The molecule has 84 valence electrons. The summed E-state index contributed by atoms with van der Waals surface area (Å²) in [6.45, 7) is 3.93. The molecule has 0 radical (unpaired) electrons. The Morgan fingerprint density at radius 1 is 1.44 bits per heavy atom. The van der Waals surface area contributed by atoms with E-state index < -0.39 is 0 Å². The van der Waals surface area contributed by atoms with Gasteiger partial charge < -0.3 is 5.73 Å². The monoisotopic (exact) mass is 280 g/mol. The van der Waals surface area contributed by atoms with Gasteiger partial charge in [-0.05, 0) is 41.4 Å². The second kappa shape index (κ2) is 4.35. The summed E-state index contributed by atoms with van der Waals surface area (Å²) in [7, 11) is 0. The van der Waals surface area contributed by atoms with Gasteiger partial charge in [0.1, 0.15) is 0 Å². The first-order chi connectivity index (χ1) is 7.59. The number of halogens is 1. The second-order valence-electron chi connectivity index (χ2n) is 3.78. The summed E-state index contributed by atoms with van der Waals surface area (Å²) in [4.78, 5) is 0. The van der Waals surface area contributed by atoms with E-state index in [0.717, 1.165) is 21.4 Å². The number of benzene rings is 1. The van der Waals surface area contributed by atoms with Crippen molar-refractivity contribution in [2.24, 2.45) is 5.73 Å². The zero-order valence-electron chi connectivity index (χ0n) is 9.18. The SMILES string of the molecule is Cc1cccc(-n2cc(C(C)N)nn2)c1Br. The molecule has 1 atom stereocenters. The van der Waals surface area contributed by atoms with Crippen molar-refractivity contribution in [3.63, 3.8) is 0 Å². The molecule has 1 aromatic heterocycles. The van der Waals surface area contributed by atoms with Gasteiger partial charge in [0.05, 0.1) is 17.6 Å². The maximum Gasteiger partial charge on any atom is 0.0995 e. The molecule has 0 aliphatic carbocycles. The summed E-state index contributed by atoms with van der Waals surface area (Å²) in [5, 5.41) is 8.10. The van der Waals surface area contributed by atoms with Crippen molar-refractivity contribution in [3.8, 4) is 5.69 Å². The predicted octanol–water partition coefficient (Wildman–Crippen LogP) is 2.36. The first-order valence-electron chi connectivity index (χ1n) is 5.03. The summed E-state index contributed by atoms with van der Waals surface area (Å²) in [6.07, 6.45) is 1.85. The lowest BCUT2D eigenvalue weighted by Crippen LogP contribution is -2.04. The average molecular weight is 281 g/mol. The highest BCUT2D eigenvalue weighted by molar-refractivity contribution is 9.10. The van der Waals surface area contributed by atoms with E-state index in [2.05, 4.69) is 26.2 Å². The zero-order valence-corrected chi connectivity index (χ0v) is 10.8. The molecule has 1 heterocycles. The molecule has 0 aliphatic rings. The highest BCUT2D eigenvalue weighted by Gasteiger charge is 2.09. The van der Waals surface area contributed by atoms with Gasteiger partial charge in [-0.15, -0.1) is 5.10 Å². The number of rotatable bonds is 2. The van der Waals surface area contributed by atoms with Gasteiger partial charge in [-0.2, -0.15) is 0 Å². The Hall–Kier alpha value is -1.20. The average Bonchev–Trinajstić information content (AvgIpc) is 2.71. The molecule has 0 fully saturated rings. The van der Waals surface area contributed by atoms with Crippen LogP contribution in [0, 0.1) is 6.92 Å². The molecule has 2 aromatic rings. The summed E-state index contributed by atoms with van der Waals surface area (Å²) in [6, 6.07) is 5.91. The van der Waals surface area contributed by atoms with Gasteiger partial charge in [-0.3, -0.25) is 0 Å². The number of aromatic nitrogens is 3. The molecule has 2 N–H and O–H groups in total. The van der Waals surface area contributed by atoms with Crippen molar-refractivity contribution in [1.29, 1.82) is 0 Å². The van der Waals surface area contributed by atoms with E-state index >= 15 is 0 Å². The molecule has 1 aromatic carbocycles. The van der Waals surface area contributed by atoms with E-state index in [9.17, 15) is 0 Å². The van der Waals surface area contributed by atoms with E-state index in [0.29, 0.717) is 0 Å². The molecule has 5 heteroatoms. The van der Waals surface area contributed by atoms with Crippen molar-refractivity contribution < 1.29 is 0 Å². The first kappa shape index (κ1) is 11.3. The van der Waals surface area contributed by atoms with Crippen molar-refractivity contribution in [2.75, 3.05) is 0 Å². The fourth-order valence-electron chi connectivity index (χ4n) is 1.41. The Balaban J connectivity index is 2.47. The number of hydrogen-bond acceptors (Lipinski definition) is 3. The molecule has 4 nitrogen and oxygen atoms in total. The van der Waals surface area contributed by atoms with Crippen LogP contribution in [0.15, 0.2) is 28.9 Å². The van der Waals surface area contributed by atoms with Crippen LogP contribution in [0.3, 0.4) is 0 Å². The van der Waals surface area contributed by atoms with Gasteiger partial charge in [-0.1, -0.05) is 17.3 Å². The lowest BCUT2D eigenvalue weighted by molar-refractivity contribution is 0.756. The Morgan fingerprint density at radius 3 is 2.81 bits per heavy atom. The van der Waals surface area contributed by atoms with Crippen molar-refractivity contribution >= 4 is 15.9 Å². The highest BCUT2D eigenvalue weighted by atomic mass is 79.9. The van der Waals surface area contributed by atoms with Crippen LogP contribution in [0.4, 0.5) is 0 Å². The van der Waals surface area contributed by atoms with Crippen LogP contribution in [0.1, 0.15) is 24.2 Å². The number of nitrogens with two attached hydrogens (primary N) is 1. The minimum Gasteiger partial charge on any atom is -0.323 e. The van der Waals surface area contributed by atoms with Crippen LogP contribution >= 0.6 is 15.9 Å². The summed E-state index contributed by atoms with van der Waals surface area (Å²) in [5.74, 6) is 0. The highest BCUT2D eigenvalue weighted by Crippen LogP contribution is 2.24. The predicted molar refractivity (Wildman–Crippen MR) is 66.4 cm³/mol. The van der Waals surface area contributed by atoms with E-state index in [1.165, 1.54) is 0 Å². The molecule has 0 amide bonds. The van der Waals surface area contributed by atoms with Crippen LogP contribution in [-0.2, 0) is 0 Å². The third-order valence-electron chi connectivity index (χ3n) is 2.40. The molecule has 0 aliphatic heterocycles. The van der Waals surface area contributed by atoms with Crippen LogP contribution in [0.2, 0.25) is 0 Å². The maximum atomic E-state index is 5.75. The Labute approximate surface area is 103 Å². The molecule has 16 heavy (non-hydrogen) atoms. The number of aryl methyl sites for hydroxylation is 1. The largest absolute Gasteiger partial charge is 0.323 e. The quantitative estimate of drug-likeness (QED) is 0.919. The number of hydrogen-bond donors (Lipinski definition) is 1. The molecular weight excluding hydrogens is 268 g/mol. The lowest BCUT2D eigenvalue weighted by atomic mass is 10.2. The van der Waals surface area contributed by atoms with E-state index in [1.54, 1.807) is 4.68 Å². The molecule has 0 bridgehead atoms. The maximum absolute atomic E-state index is 5.75. The lowest BCUT2D eigenvalue weighted by Gasteiger charge is -2.05. The van der Waals surface area contributed by atoms with E-state index in [-0.39, 0.29) is 6.04 Å². The summed E-state index contributed by atoms with van der Waals surface area (Å²) >= 11 is 3.54. The fourth-order valence-corrected chi connectivity index (χ4v) is 1.86. The standard InChI is InChI=1S/C11H13BrN4/c1-7-4-3-5-10(11(7)12)16-6-9(8(2)13)14-15-16/h3-6,8H,13H2,1-2H3. The smallest absolute Gasteiger partial charge is 0.0995 e. The fraction of sp³-hybridized carbons (Fsp3) is 0.273. The van der Waals surface area contributed by atoms with Crippen molar-refractivity contribution in [2.45, 2.75) is 19.9 Å². The molecule has 0 saturated heterocycles. The summed E-state index contributed by atoms with van der Waals surface area (Å²) in [5.41, 5.74) is 8.67. The Morgan fingerprint density at radius 2 is 2.19 bits per heavy atom. The molecular formula is C11H13BrN4. The molecule has 1 unspecified atom stereocenters. The Kier molecular flexibility index (Phi) is 3.07. The normalized spacial score (nSPS) is 12.8. The zero-order chi connectivity index (χ0) is 11.7. The van der Waals surface area contributed by atoms with Crippen LogP contribution in [-0.4, -0.2) is 15.0 Å². The summed E-state index contributed by atoms with van der Waals surface area (Å²) < 4.78 is 2.76. The third kappa shape index (κ3) is 2.01. The van der Waals surface area contributed by atoms with Gasteiger partial charge in [0.25, 0.3) is 0 Å². The van der Waals surface area contributed by atoms with Crippen molar-refractivity contribution in [1.82, 2.24) is 15.0 Å². The first-order valence-corrected chi connectivity index (χ1v) is 5.82. The minimum atomic E-state index is -0.0997. The number of nitrogens with zero attached hydrogens (tertiary/aromatic N) is 3. The van der Waals surface area contributed by atoms with Gasteiger partial charge in [0, 0.05) is 10.5 Å². The second-order valence-corrected chi connectivity index (χ2v) is 4.58.